The van der Waals surface area contributed by atoms with Gasteiger partial charge in [0.15, 0.2) is 6.29 Å². The monoisotopic (exact) mass is 514 g/mol. The zero-order chi connectivity index (χ0) is 27.4. The molecule has 0 fully saturated rings. The molecule has 0 aliphatic heterocycles. The smallest absolute Gasteiger partial charge is 0.435 e. The summed E-state index contributed by atoms with van der Waals surface area (Å²) in [5, 5.41) is 2.87. The van der Waals surface area contributed by atoms with Crippen molar-refractivity contribution in [3.8, 4) is 0 Å². The summed E-state index contributed by atoms with van der Waals surface area (Å²) in [5.41, 5.74) is 6.06. The van der Waals surface area contributed by atoms with E-state index < -0.39 is 30.7 Å². The van der Waals surface area contributed by atoms with Gasteiger partial charge in [-0.05, 0) is 49.3 Å². The largest absolute Gasteiger partial charge is 0.443 e. The van der Waals surface area contributed by atoms with E-state index in [0.29, 0.717) is 25.0 Å². The quantitative estimate of drug-likeness (QED) is 0.206. The van der Waals surface area contributed by atoms with Crippen LogP contribution in [0, 0.1) is 5.92 Å². The van der Waals surface area contributed by atoms with Gasteiger partial charge < -0.3 is 25.0 Å². The van der Waals surface area contributed by atoms with Crippen LogP contribution in [0.4, 0.5) is 4.79 Å². The first-order valence-electron chi connectivity index (χ1n) is 12.3. The maximum absolute atomic E-state index is 13.4. The number of hydrogen-bond donors (Lipinski definition) is 1. The minimum atomic E-state index is -1.30. The van der Waals surface area contributed by atoms with Crippen LogP contribution in [0.1, 0.15) is 32.3 Å². The normalized spacial score (nSPS) is 13.1. The third-order valence-electron chi connectivity index (χ3n) is 5.92. The standard InChI is InChI=1S/C27H38N4O6/c1-20(2)12-13-29(3)17-26(30(4)14-15-32)31(37-23(18-33)16-25(28)34)27(35)36-19-22-10-7-9-21-8-5-6-11-24(21)22/h5-11,15,18,20,23,26H,12-14,16-17,19H2,1-4H3,(H2,28,34). The summed E-state index contributed by atoms with van der Waals surface area (Å²) < 4.78 is 5.63. The van der Waals surface area contributed by atoms with Gasteiger partial charge >= 0.3 is 6.09 Å². The summed E-state index contributed by atoms with van der Waals surface area (Å²) in [6, 6.07) is 13.4. The first-order valence-corrected chi connectivity index (χ1v) is 12.3. The van der Waals surface area contributed by atoms with Gasteiger partial charge in [-0.25, -0.2) is 4.79 Å². The number of fused-ring (bicyclic) bond motifs is 1. The van der Waals surface area contributed by atoms with E-state index >= 15 is 0 Å². The van der Waals surface area contributed by atoms with Crippen molar-refractivity contribution in [2.24, 2.45) is 11.7 Å². The third-order valence-corrected chi connectivity index (χ3v) is 5.92. The second-order valence-corrected chi connectivity index (χ2v) is 9.50. The fourth-order valence-corrected chi connectivity index (χ4v) is 3.79. The lowest BCUT2D eigenvalue weighted by Crippen LogP contribution is -2.56. The topological polar surface area (TPSA) is 122 Å². The van der Waals surface area contributed by atoms with Crippen molar-refractivity contribution >= 4 is 35.3 Å². The molecule has 0 saturated heterocycles. The predicted molar refractivity (Wildman–Crippen MR) is 140 cm³/mol. The summed E-state index contributed by atoms with van der Waals surface area (Å²) in [7, 11) is 3.55. The first-order chi connectivity index (χ1) is 17.7. The fourth-order valence-electron chi connectivity index (χ4n) is 3.79. The molecular weight excluding hydrogens is 476 g/mol. The van der Waals surface area contributed by atoms with Crippen molar-refractivity contribution in [1.82, 2.24) is 14.9 Å². The molecule has 2 aromatic carbocycles. The van der Waals surface area contributed by atoms with Crippen LogP contribution in [0.25, 0.3) is 10.8 Å². The van der Waals surface area contributed by atoms with Crippen LogP contribution in [0.2, 0.25) is 0 Å². The SMILES string of the molecule is CC(C)CCN(C)CC(N(C)CC=O)N(OC(C=O)CC(N)=O)C(=O)OCc1cccc2ccccc12. The summed E-state index contributed by atoms with van der Waals surface area (Å²) in [5.74, 6) is -0.283. The van der Waals surface area contributed by atoms with E-state index in [9.17, 15) is 19.2 Å². The van der Waals surface area contributed by atoms with E-state index in [2.05, 4.69) is 13.8 Å². The Morgan fingerprint density at radius 1 is 1.05 bits per heavy atom. The van der Waals surface area contributed by atoms with Crippen LogP contribution in [0.5, 0.6) is 0 Å². The van der Waals surface area contributed by atoms with E-state index in [1.165, 1.54) is 0 Å². The number of amides is 2. The van der Waals surface area contributed by atoms with Crippen LogP contribution in [-0.2, 0) is 30.6 Å². The Hall–Kier alpha value is -3.34. The minimum absolute atomic E-state index is 0.000720. The Bertz CT molecular complexity index is 1040. The van der Waals surface area contributed by atoms with E-state index in [1.54, 1.807) is 11.9 Å². The number of hydroxylamine groups is 2. The number of carbonyl (C=O) groups is 4. The summed E-state index contributed by atoms with van der Waals surface area (Å²) in [4.78, 5) is 57.2. The van der Waals surface area contributed by atoms with Gasteiger partial charge in [0.2, 0.25) is 5.91 Å². The zero-order valence-electron chi connectivity index (χ0n) is 22.0. The Kier molecular flexibility index (Phi) is 12.1. The van der Waals surface area contributed by atoms with Gasteiger partial charge in [0, 0.05) is 6.54 Å². The molecule has 0 spiro atoms. The second-order valence-electron chi connectivity index (χ2n) is 9.50. The molecule has 0 aromatic heterocycles. The maximum Gasteiger partial charge on any atom is 0.435 e. The molecule has 2 N–H and O–H groups in total. The molecule has 10 nitrogen and oxygen atoms in total. The fraction of sp³-hybridized carbons (Fsp3) is 0.481. The molecule has 2 rings (SSSR count). The second kappa shape index (κ2) is 15.0. The van der Waals surface area contributed by atoms with E-state index in [1.807, 2.05) is 54.4 Å². The van der Waals surface area contributed by atoms with Crippen molar-refractivity contribution in [3.05, 3.63) is 48.0 Å². The third kappa shape index (κ3) is 9.56. The number of carbonyl (C=O) groups excluding carboxylic acids is 4. The number of likely N-dealkylation sites (N-methyl/N-ethyl adjacent to an activating group) is 2. The number of nitrogens with two attached hydrogens (primary N) is 1. The lowest BCUT2D eigenvalue weighted by Gasteiger charge is -2.38. The van der Waals surface area contributed by atoms with Crippen molar-refractivity contribution < 1.29 is 28.8 Å². The number of hydrogen-bond acceptors (Lipinski definition) is 8. The van der Waals surface area contributed by atoms with Crippen molar-refractivity contribution in [2.45, 2.75) is 45.6 Å². The van der Waals surface area contributed by atoms with Gasteiger partial charge in [-0.15, -0.1) is 0 Å². The molecule has 0 heterocycles. The van der Waals surface area contributed by atoms with Crippen LogP contribution < -0.4 is 5.73 Å². The lowest BCUT2D eigenvalue weighted by atomic mass is 10.1. The highest BCUT2D eigenvalue weighted by atomic mass is 16.7. The molecule has 2 unspecified atom stereocenters. The highest BCUT2D eigenvalue weighted by Gasteiger charge is 2.33. The molecule has 0 aliphatic rings. The first kappa shape index (κ1) is 29.9. The molecular formula is C27H38N4O6. The molecule has 2 aromatic rings. The molecule has 0 saturated carbocycles. The van der Waals surface area contributed by atoms with Crippen LogP contribution >= 0.6 is 0 Å². The number of benzene rings is 2. The Morgan fingerprint density at radius 2 is 1.76 bits per heavy atom. The van der Waals surface area contributed by atoms with Gasteiger partial charge in [-0.1, -0.05) is 56.3 Å². The molecule has 2 amide bonds. The van der Waals surface area contributed by atoms with Crippen molar-refractivity contribution in [3.63, 3.8) is 0 Å². The number of aldehydes is 2. The molecule has 37 heavy (non-hydrogen) atoms. The Morgan fingerprint density at radius 3 is 2.41 bits per heavy atom. The van der Waals surface area contributed by atoms with E-state index in [4.69, 9.17) is 15.3 Å². The maximum atomic E-state index is 13.4. The number of rotatable bonds is 16. The summed E-state index contributed by atoms with van der Waals surface area (Å²) in [6.45, 7) is 5.21. The number of nitrogens with zero attached hydrogens (tertiary/aromatic N) is 3. The highest BCUT2D eigenvalue weighted by molar-refractivity contribution is 5.85. The summed E-state index contributed by atoms with van der Waals surface area (Å²) in [6.07, 6.45) is -1.32. The van der Waals surface area contributed by atoms with E-state index in [0.717, 1.165) is 34.4 Å². The van der Waals surface area contributed by atoms with Gasteiger partial charge in [0.25, 0.3) is 0 Å². The molecule has 0 aliphatic carbocycles. The number of ether oxygens (including phenoxy) is 1. The number of primary amides is 1. The highest BCUT2D eigenvalue weighted by Crippen LogP contribution is 2.20. The Balaban J connectivity index is 2.32. The minimum Gasteiger partial charge on any atom is -0.443 e. The van der Waals surface area contributed by atoms with Gasteiger partial charge in [-0.3, -0.25) is 14.5 Å². The van der Waals surface area contributed by atoms with Crippen molar-refractivity contribution in [2.75, 3.05) is 33.7 Å². The average Bonchev–Trinajstić information content (AvgIpc) is 2.87. The Labute approximate surface area is 218 Å². The molecule has 202 valence electrons. The molecule has 0 bridgehead atoms. The predicted octanol–water partition coefficient (Wildman–Crippen LogP) is 2.59. The lowest BCUT2D eigenvalue weighted by molar-refractivity contribution is -0.218. The van der Waals surface area contributed by atoms with Crippen molar-refractivity contribution in [1.29, 1.82) is 0 Å². The van der Waals surface area contributed by atoms with Crippen LogP contribution in [0.3, 0.4) is 0 Å². The van der Waals surface area contributed by atoms with Gasteiger partial charge in [-0.2, -0.15) is 5.06 Å². The van der Waals surface area contributed by atoms with Crippen LogP contribution in [0.15, 0.2) is 42.5 Å². The van der Waals surface area contributed by atoms with Crippen LogP contribution in [-0.4, -0.2) is 85.4 Å². The van der Waals surface area contributed by atoms with E-state index in [-0.39, 0.29) is 13.2 Å². The van der Waals surface area contributed by atoms with Gasteiger partial charge in [0.05, 0.1) is 13.0 Å². The average molecular weight is 515 g/mol. The van der Waals surface area contributed by atoms with Gasteiger partial charge in [0.1, 0.15) is 25.2 Å². The summed E-state index contributed by atoms with van der Waals surface area (Å²) >= 11 is 0. The zero-order valence-corrected chi connectivity index (χ0v) is 22.0. The molecule has 10 heteroatoms. The molecule has 2 atom stereocenters. The molecule has 0 radical (unpaired) electrons.